The maximum Gasteiger partial charge on any atom is 0.227 e. The number of hydrogen-bond donors (Lipinski definition) is 1. The molecule has 2 amide bonds. The van der Waals surface area contributed by atoms with Crippen molar-refractivity contribution < 1.29 is 14.0 Å². The summed E-state index contributed by atoms with van der Waals surface area (Å²) in [4.78, 5) is 27.3. The summed E-state index contributed by atoms with van der Waals surface area (Å²) in [5, 5.41) is 4.11. The molecule has 2 aliphatic rings. The van der Waals surface area contributed by atoms with Crippen LogP contribution in [0.3, 0.4) is 0 Å². The van der Waals surface area contributed by atoms with Crippen molar-refractivity contribution in [1.82, 2.24) is 10.2 Å². The van der Waals surface area contributed by atoms with Gasteiger partial charge in [0.1, 0.15) is 5.58 Å². The van der Waals surface area contributed by atoms with E-state index in [1.54, 1.807) is 6.26 Å². The lowest BCUT2D eigenvalue weighted by Gasteiger charge is -2.31. The molecule has 0 bridgehead atoms. The second-order valence-electron chi connectivity index (χ2n) is 8.77. The minimum Gasteiger partial charge on any atom is -0.464 e. The molecule has 5 rings (SSSR count). The number of aryl methyl sites for hydroxylation is 2. The van der Waals surface area contributed by atoms with E-state index in [2.05, 4.69) is 17.4 Å². The lowest BCUT2D eigenvalue weighted by Crippen LogP contribution is -2.43. The van der Waals surface area contributed by atoms with Crippen LogP contribution in [0.4, 0.5) is 0 Å². The van der Waals surface area contributed by atoms with Crippen LogP contribution < -0.4 is 5.32 Å². The molecule has 5 nitrogen and oxygen atoms in total. The summed E-state index contributed by atoms with van der Waals surface area (Å²) in [6.07, 6.45) is 6.96. The Hall–Kier alpha value is -3.08. The summed E-state index contributed by atoms with van der Waals surface area (Å²) in [5.41, 5.74) is 5.73. The molecular weight excluding hydrogens is 388 g/mol. The second kappa shape index (κ2) is 8.58. The fourth-order valence-electron chi connectivity index (χ4n) is 4.88. The smallest absolute Gasteiger partial charge is 0.227 e. The van der Waals surface area contributed by atoms with E-state index in [4.69, 9.17) is 4.42 Å². The van der Waals surface area contributed by atoms with E-state index in [0.717, 1.165) is 34.9 Å². The molecule has 3 aromatic rings. The number of likely N-dealkylation sites (tertiary alicyclic amines) is 1. The molecule has 31 heavy (non-hydrogen) atoms. The predicted octanol–water partition coefficient (Wildman–Crippen LogP) is 4.02. The van der Waals surface area contributed by atoms with Gasteiger partial charge in [0, 0.05) is 36.5 Å². The first-order valence-corrected chi connectivity index (χ1v) is 11.3. The molecule has 0 atom stereocenters. The summed E-state index contributed by atoms with van der Waals surface area (Å²) < 4.78 is 5.75. The number of furan rings is 1. The van der Waals surface area contributed by atoms with Gasteiger partial charge < -0.3 is 14.6 Å². The van der Waals surface area contributed by atoms with Crippen molar-refractivity contribution in [1.29, 1.82) is 0 Å². The molecule has 1 aliphatic heterocycles. The maximum absolute atomic E-state index is 12.9. The monoisotopic (exact) mass is 416 g/mol. The highest BCUT2D eigenvalue weighted by molar-refractivity contribution is 5.89. The van der Waals surface area contributed by atoms with Gasteiger partial charge in [0.25, 0.3) is 0 Å². The molecule has 1 fully saturated rings. The number of carbonyl (C=O) groups excluding carboxylic acids is 2. The highest BCUT2D eigenvalue weighted by Crippen LogP contribution is 2.31. The van der Waals surface area contributed by atoms with Gasteiger partial charge in [-0.2, -0.15) is 0 Å². The molecular formula is C26H28N2O3. The van der Waals surface area contributed by atoms with E-state index in [-0.39, 0.29) is 17.7 Å². The average Bonchev–Trinajstić information content (AvgIpc) is 3.43. The predicted molar refractivity (Wildman–Crippen MR) is 120 cm³/mol. The Morgan fingerprint density at radius 2 is 1.77 bits per heavy atom. The molecule has 5 heteroatoms. The number of carbonyl (C=O) groups is 2. The van der Waals surface area contributed by atoms with Crippen LogP contribution in [0.25, 0.3) is 11.0 Å². The van der Waals surface area contributed by atoms with Crippen molar-refractivity contribution in [2.45, 2.75) is 45.1 Å². The van der Waals surface area contributed by atoms with Gasteiger partial charge in [-0.05, 0) is 60.9 Å². The zero-order chi connectivity index (χ0) is 21.2. The van der Waals surface area contributed by atoms with E-state index in [1.807, 2.05) is 35.2 Å². The topological polar surface area (TPSA) is 62.6 Å². The molecule has 0 spiro atoms. The fourth-order valence-corrected chi connectivity index (χ4v) is 4.88. The number of fused-ring (bicyclic) bond motifs is 2. The first-order chi connectivity index (χ1) is 15.2. The maximum atomic E-state index is 12.9. The third-order valence-electron chi connectivity index (χ3n) is 6.74. The third kappa shape index (κ3) is 4.22. The lowest BCUT2D eigenvalue weighted by atomic mass is 9.95. The van der Waals surface area contributed by atoms with Crippen LogP contribution in [-0.2, 0) is 35.4 Å². The fraction of sp³-hybridized carbons (Fsp3) is 0.385. The largest absolute Gasteiger partial charge is 0.464 e. The van der Waals surface area contributed by atoms with Gasteiger partial charge in [0.2, 0.25) is 11.8 Å². The first kappa shape index (κ1) is 19.9. The van der Waals surface area contributed by atoms with Crippen molar-refractivity contribution in [3.05, 3.63) is 71.0 Å². The molecule has 1 N–H and O–H groups in total. The van der Waals surface area contributed by atoms with Gasteiger partial charge in [0.05, 0.1) is 12.7 Å². The Labute approximate surface area is 182 Å². The summed E-state index contributed by atoms with van der Waals surface area (Å²) >= 11 is 0. The van der Waals surface area contributed by atoms with Crippen molar-refractivity contribution in [3.63, 3.8) is 0 Å². The van der Waals surface area contributed by atoms with E-state index in [9.17, 15) is 9.59 Å². The number of nitrogens with one attached hydrogen (secondary N) is 1. The summed E-state index contributed by atoms with van der Waals surface area (Å²) in [7, 11) is 0. The van der Waals surface area contributed by atoms with Crippen LogP contribution in [0, 0.1) is 5.92 Å². The number of benzene rings is 2. The lowest BCUT2D eigenvalue weighted by molar-refractivity contribution is -0.135. The first-order valence-electron chi connectivity index (χ1n) is 11.3. The molecule has 2 heterocycles. The van der Waals surface area contributed by atoms with Gasteiger partial charge in [-0.3, -0.25) is 9.59 Å². The molecule has 1 aromatic heterocycles. The number of nitrogens with zero attached hydrogens (tertiary/aromatic N) is 1. The van der Waals surface area contributed by atoms with E-state index in [1.165, 1.54) is 17.5 Å². The van der Waals surface area contributed by atoms with Crippen molar-refractivity contribution in [2.24, 2.45) is 5.92 Å². The Bertz CT molecular complexity index is 1090. The van der Waals surface area contributed by atoms with Gasteiger partial charge in [-0.1, -0.05) is 30.3 Å². The Kier molecular flexibility index (Phi) is 5.49. The standard InChI is InChI=1S/C26H28N2O3/c29-25(15-22-17-31-24-14-21-8-4-7-20(21)13-23(22)24)28-11-9-19(10-12-28)26(30)27-16-18-5-2-1-3-6-18/h1-3,5-6,13-14,17,19H,4,7-12,15-16H2,(H,27,30). The molecule has 0 saturated carbocycles. The van der Waals surface area contributed by atoms with Gasteiger partial charge in [-0.15, -0.1) is 0 Å². The van der Waals surface area contributed by atoms with Crippen molar-refractivity contribution in [3.8, 4) is 0 Å². The Morgan fingerprint density at radius 1 is 1.03 bits per heavy atom. The third-order valence-corrected chi connectivity index (χ3v) is 6.74. The van der Waals surface area contributed by atoms with Gasteiger partial charge in [0.15, 0.2) is 0 Å². The Morgan fingerprint density at radius 3 is 2.55 bits per heavy atom. The zero-order valence-electron chi connectivity index (χ0n) is 17.7. The number of hydrogen-bond acceptors (Lipinski definition) is 3. The SMILES string of the molecule is O=C(NCc1ccccc1)C1CCN(C(=O)Cc2coc3cc4c(cc23)CCC4)CC1. The molecule has 1 aliphatic carbocycles. The molecule has 160 valence electrons. The van der Waals surface area contributed by atoms with E-state index >= 15 is 0 Å². The highest BCUT2D eigenvalue weighted by Gasteiger charge is 2.28. The van der Waals surface area contributed by atoms with E-state index in [0.29, 0.717) is 38.9 Å². The highest BCUT2D eigenvalue weighted by atomic mass is 16.3. The summed E-state index contributed by atoms with van der Waals surface area (Å²) in [5.74, 6) is 0.182. The van der Waals surface area contributed by atoms with Crippen LogP contribution in [-0.4, -0.2) is 29.8 Å². The van der Waals surface area contributed by atoms with E-state index < -0.39 is 0 Å². The van der Waals surface area contributed by atoms with Gasteiger partial charge in [-0.25, -0.2) is 0 Å². The van der Waals surface area contributed by atoms with Gasteiger partial charge >= 0.3 is 0 Å². The number of piperidine rings is 1. The molecule has 1 saturated heterocycles. The Balaban J connectivity index is 1.15. The normalized spacial score (nSPS) is 16.5. The average molecular weight is 417 g/mol. The van der Waals surface area contributed by atoms with Crippen molar-refractivity contribution in [2.75, 3.05) is 13.1 Å². The summed E-state index contributed by atoms with van der Waals surface area (Å²) in [6.45, 7) is 1.82. The van der Waals surface area contributed by atoms with Crippen molar-refractivity contribution >= 4 is 22.8 Å². The zero-order valence-corrected chi connectivity index (χ0v) is 17.7. The van der Waals surface area contributed by atoms with Crippen LogP contribution in [0.5, 0.6) is 0 Å². The minimum absolute atomic E-state index is 0.0231. The number of amides is 2. The van der Waals surface area contributed by atoms with Crippen LogP contribution >= 0.6 is 0 Å². The number of rotatable bonds is 5. The molecule has 0 unspecified atom stereocenters. The van der Waals surface area contributed by atoms with Crippen LogP contribution in [0.2, 0.25) is 0 Å². The van der Waals surface area contributed by atoms with Crippen LogP contribution in [0.15, 0.2) is 53.1 Å². The molecule has 0 radical (unpaired) electrons. The van der Waals surface area contributed by atoms with Crippen LogP contribution in [0.1, 0.15) is 41.5 Å². The second-order valence-corrected chi connectivity index (χ2v) is 8.77. The molecule has 2 aromatic carbocycles. The summed E-state index contributed by atoms with van der Waals surface area (Å²) in [6, 6.07) is 14.3. The quantitative estimate of drug-likeness (QED) is 0.683. The minimum atomic E-state index is -0.0231.